The van der Waals surface area contributed by atoms with Crippen molar-refractivity contribution in [1.29, 1.82) is 0 Å². The van der Waals surface area contributed by atoms with Crippen LogP contribution in [0.25, 0.3) is 21.6 Å². The predicted octanol–water partition coefficient (Wildman–Crippen LogP) is 2.53. The predicted molar refractivity (Wildman–Crippen MR) is 93.3 cm³/mol. The number of carbonyl (C=O) groups is 1. The van der Waals surface area contributed by atoms with Crippen LogP contribution in [-0.2, 0) is 11.3 Å². The molecule has 3 rings (SSSR count). The van der Waals surface area contributed by atoms with E-state index in [2.05, 4.69) is 9.97 Å². The minimum absolute atomic E-state index is 0.00695. The van der Waals surface area contributed by atoms with E-state index in [0.717, 1.165) is 4.88 Å². The van der Waals surface area contributed by atoms with Gasteiger partial charge in [-0.25, -0.2) is 9.78 Å². The van der Waals surface area contributed by atoms with E-state index in [-0.39, 0.29) is 21.4 Å². The number of H-pyrrole nitrogens is 1. The van der Waals surface area contributed by atoms with Gasteiger partial charge in [0.1, 0.15) is 5.65 Å². The van der Waals surface area contributed by atoms with Gasteiger partial charge in [0.05, 0.1) is 34.7 Å². The molecule has 0 bridgehead atoms. The number of nitrogens with one attached hydrogen (secondary N) is 1. The maximum Gasteiger partial charge on any atom is 0.336 e. The molecule has 24 heavy (non-hydrogen) atoms. The zero-order valence-corrected chi connectivity index (χ0v) is 14.2. The molecule has 0 atom stereocenters. The first-order chi connectivity index (χ1) is 11.5. The molecule has 124 valence electrons. The van der Waals surface area contributed by atoms with Crippen LogP contribution < -0.4 is 5.56 Å². The molecule has 0 aliphatic carbocycles. The van der Waals surface area contributed by atoms with Crippen molar-refractivity contribution in [3.8, 4) is 10.6 Å². The molecule has 0 saturated heterocycles. The molecule has 0 aliphatic heterocycles. The lowest BCUT2D eigenvalue weighted by Gasteiger charge is -2.12. The second kappa shape index (κ2) is 6.63. The number of fused-ring (bicyclic) bond motifs is 1. The number of carboxylic acid groups (broad SMARTS) is 1. The number of hydrogen-bond donors (Lipinski definition) is 2. The number of thiophene rings is 1. The lowest BCUT2D eigenvalue weighted by molar-refractivity contribution is 0.0699. The highest BCUT2D eigenvalue weighted by Gasteiger charge is 2.19. The number of nitrogens with zero attached hydrogens (tertiary/aromatic N) is 2. The van der Waals surface area contributed by atoms with Crippen molar-refractivity contribution in [2.24, 2.45) is 0 Å². The van der Waals surface area contributed by atoms with E-state index >= 15 is 0 Å². The van der Waals surface area contributed by atoms with Gasteiger partial charge in [0.25, 0.3) is 5.56 Å². The highest BCUT2D eigenvalue weighted by Crippen LogP contribution is 2.26. The number of carboxylic acids is 1. The zero-order valence-electron chi connectivity index (χ0n) is 12.6. The van der Waals surface area contributed by atoms with Crippen molar-refractivity contribution in [2.75, 3.05) is 13.7 Å². The third kappa shape index (κ3) is 2.88. The lowest BCUT2D eigenvalue weighted by Crippen LogP contribution is -2.20. The van der Waals surface area contributed by atoms with Crippen LogP contribution in [0, 0.1) is 4.77 Å². The Morgan fingerprint density at radius 3 is 2.96 bits per heavy atom. The number of aromatic nitrogens is 3. The summed E-state index contributed by atoms with van der Waals surface area (Å²) in [6, 6.07) is 5.10. The molecule has 3 heterocycles. The Bertz CT molecular complexity index is 1020. The second-order valence-electron chi connectivity index (χ2n) is 4.94. The van der Waals surface area contributed by atoms with Gasteiger partial charge in [-0.05, 0) is 29.7 Å². The largest absolute Gasteiger partial charge is 0.478 e. The number of aromatic amines is 1. The minimum Gasteiger partial charge on any atom is -0.478 e. The van der Waals surface area contributed by atoms with Crippen molar-refractivity contribution in [3.63, 3.8) is 0 Å². The molecule has 0 saturated carbocycles. The van der Waals surface area contributed by atoms with Gasteiger partial charge in [-0.15, -0.1) is 11.3 Å². The molecule has 0 unspecified atom stereocenters. The molecule has 0 aromatic carbocycles. The summed E-state index contributed by atoms with van der Waals surface area (Å²) in [5, 5.41) is 11.4. The van der Waals surface area contributed by atoms with Gasteiger partial charge in [0.15, 0.2) is 4.77 Å². The number of rotatable bonds is 5. The summed E-state index contributed by atoms with van der Waals surface area (Å²) in [5.41, 5.74) is 0.0577. The first kappa shape index (κ1) is 16.5. The van der Waals surface area contributed by atoms with E-state index in [0.29, 0.717) is 18.8 Å². The van der Waals surface area contributed by atoms with E-state index in [1.807, 2.05) is 17.5 Å². The first-order valence-electron chi connectivity index (χ1n) is 6.97. The lowest BCUT2D eigenvalue weighted by atomic mass is 10.1. The first-order valence-corrected chi connectivity index (χ1v) is 8.25. The topological polar surface area (TPSA) is 97.2 Å². The normalized spacial score (nSPS) is 11.0. The van der Waals surface area contributed by atoms with Crippen LogP contribution in [0.2, 0.25) is 0 Å². The average Bonchev–Trinajstić information content (AvgIpc) is 3.08. The SMILES string of the molecule is COCCn1c(=S)[nH]c(=O)c2c(C(=O)O)cc(-c3cccs3)nc21. The monoisotopic (exact) mass is 363 g/mol. The summed E-state index contributed by atoms with van der Waals surface area (Å²) in [7, 11) is 1.55. The summed E-state index contributed by atoms with van der Waals surface area (Å²) in [4.78, 5) is 31.8. The average molecular weight is 363 g/mol. The number of hydrogen-bond acceptors (Lipinski definition) is 6. The third-order valence-corrected chi connectivity index (χ3v) is 4.69. The zero-order chi connectivity index (χ0) is 17.3. The minimum atomic E-state index is -1.19. The van der Waals surface area contributed by atoms with Gasteiger partial charge >= 0.3 is 5.97 Å². The van der Waals surface area contributed by atoms with Crippen LogP contribution in [0.3, 0.4) is 0 Å². The number of methoxy groups -OCH3 is 1. The Balaban J connectivity index is 2.42. The summed E-state index contributed by atoms with van der Waals surface area (Å²) < 4.78 is 6.82. The molecule has 3 aromatic rings. The van der Waals surface area contributed by atoms with Crippen molar-refractivity contribution in [2.45, 2.75) is 6.54 Å². The standard InChI is InChI=1S/C15H13N3O4S2/c1-22-5-4-18-12-11(13(19)17-15(18)23)8(14(20)21)7-9(16-12)10-3-2-6-24-10/h2-3,6-7H,4-5H2,1H3,(H,20,21)(H,17,19,23). The van der Waals surface area contributed by atoms with Crippen molar-refractivity contribution < 1.29 is 14.6 Å². The molecule has 9 heteroatoms. The Labute approximate surface area is 145 Å². The Morgan fingerprint density at radius 2 is 2.33 bits per heavy atom. The van der Waals surface area contributed by atoms with Gasteiger partial charge in [0, 0.05) is 7.11 Å². The summed E-state index contributed by atoms with van der Waals surface area (Å²) in [6.07, 6.45) is 0. The van der Waals surface area contributed by atoms with E-state index < -0.39 is 11.5 Å². The van der Waals surface area contributed by atoms with E-state index in [4.69, 9.17) is 17.0 Å². The van der Waals surface area contributed by atoms with Gasteiger partial charge in [-0.2, -0.15) is 0 Å². The maximum absolute atomic E-state index is 12.3. The number of aromatic carboxylic acids is 1. The highest BCUT2D eigenvalue weighted by atomic mass is 32.1. The summed E-state index contributed by atoms with van der Waals surface area (Å²) in [6.45, 7) is 0.700. The van der Waals surface area contributed by atoms with E-state index in [1.165, 1.54) is 17.4 Å². The van der Waals surface area contributed by atoms with Crippen LogP contribution in [0.4, 0.5) is 0 Å². The fourth-order valence-electron chi connectivity index (χ4n) is 2.38. The molecule has 0 fully saturated rings. The summed E-state index contributed by atoms with van der Waals surface area (Å²) >= 11 is 6.64. The number of pyridine rings is 1. The van der Waals surface area contributed by atoms with Gasteiger partial charge in [-0.3, -0.25) is 9.78 Å². The van der Waals surface area contributed by atoms with Crippen molar-refractivity contribution in [1.82, 2.24) is 14.5 Å². The molecule has 0 spiro atoms. The maximum atomic E-state index is 12.3. The molecular weight excluding hydrogens is 350 g/mol. The van der Waals surface area contributed by atoms with Crippen LogP contribution in [0.5, 0.6) is 0 Å². The summed E-state index contributed by atoms with van der Waals surface area (Å²) in [5.74, 6) is -1.19. The van der Waals surface area contributed by atoms with Gasteiger partial charge in [-0.1, -0.05) is 6.07 Å². The Morgan fingerprint density at radius 1 is 1.54 bits per heavy atom. The molecule has 2 N–H and O–H groups in total. The molecule has 0 radical (unpaired) electrons. The molecule has 0 aliphatic rings. The van der Waals surface area contributed by atoms with E-state index in [1.54, 1.807) is 11.7 Å². The fraction of sp³-hybridized carbons (Fsp3) is 0.200. The van der Waals surface area contributed by atoms with Crippen molar-refractivity contribution in [3.05, 3.63) is 44.3 Å². The Hall–Kier alpha value is -2.36. The molecule has 7 nitrogen and oxygen atoms in total. The smallest absolute Gasteiger partial charge is 0.336 e. The van der Waals surface area contributed by atoms with Crippen LogP contribution >= 0.6 is 23.6 Å². The fourth-order valence-corrected chi connectivity index (χ4v) is 3.34. The molecular formula is C15H13N3O4S2. The van der Waals surface area contributed by atoms with Crippen molar-refractivity contribution >= 4 is 40.6 Å². The number of ether oxygens (including phenoxy) is 1. The van der Waals surface area contributed by atoms with Gasteiger partial charge < -0.3 is 14.4 Å². The van der Waals surface area contributed by atoms with Crippen LogP contribution in [0.1, 0.15) is 10.4 Å². The van der Waals surface area contributed by atoms with E-state index in [9.17, 15) is 14.7 Å². The Kier molecular flexibility index (Phi) is 4.56. The molecule has 3 aromatic heterocycles. The van der Waals surface area contributed by atoms with Crippen LogP contribution in [0.15, 0.2) is 28.4 Å². The van der Waals surface area contributed by atoms with Gasteiger partial charge in [0.2, 0.25) is 0 Å². The third-order valence-electron chi connectivity index (χ3n) is 3.47. The second-order valence-corrected chi connectivity index (χ2v) is 6.27. The quantitative estimate of drug-likeness (QED) is 0.676. The molecule has 0 amide bonds. The van der Waals surface area contributed by atoms with Crippen LogP contribution in [-0.4, -0.2) is 39.3 Å². The highest BCUT2D eigenvalue weighted by molar-refractivity contribution is 7.71.